The van der Waals surface area contributed by atoms with E-state index in [0.29, 0.717) is 44.9 Å². The molecule has 6 fully saturated rings. The fourth-order valence-corrected chi connectivity index (χ4v) is 11.3. The standard InChI is InChI=1S/C35H52O14/c1-17-30(49-31-29(42)28(41)27(40)24(14-36)48-31)23(38)12-26(46-17)47-19-3-8-33(16-37)21-4-7-32(2)20(18-11-25(39)45-15-18)6-10-35(32,44)22(21)5-9-34(33,43)13-19/h11,16-17,19-24,26-31,36,38,40-44H,3-10,12-15H2,1-2H3/t17-,19-,20-,21+,22-,23+,24-,26+,27-,28+,29-,30-,31-,32+,33-,34+,35-/m0/s1. The molecule has 0 aromatic rings. The molecule has 3 aliphatic heterocycles. The van der Waals surface area contributed by atoms with Gasteiger partial charge in [-0.05, 0) is 81.6 Å². The lowest BCUT2D eigenvalue weighted by atomic mass is 9.41. The molecule has 0 radical (unpaired) electrons. The lowest BCUT2D eigenvalue weighted by Gasteiger charge is -2.65. The maximum Gasteiger partial charge on any atom is 0.331 e. The first-order chi connectivity index (χ1) is 23.2. The molecule has 0 aromatic carbocycles. The molecule has 14 nitrogen and oxygen atoms in total. The molecule has 0 unspecified atom stereocenters. The number of cyclic esters (lactones) is 1. The average molecular weight is 697 g/mol. The van der Waals surface area contributed by atoms with Crippen molar-refractivity contribution < 1.29 is 69.0 Å². The second-order valence-electron chi connectivity index (χ2n) is 16.1. The van der Waals surface area contributed by atoms with Gasteiger partial charge in [0.2, 0.25) is 0 Å². The van der Waals surface area contributed by atoms with E-state index in [1.54, 1.807) is 13.0 Å². The highest BCUT2D eigenvalue weighted by Gasteiger charge is 2.71. The zero-order valence-corrected chi connectivity index (χ0v) is 28.1. The molecule has 276 valence electrons. The molecule has 0 amide bonds. The van der Waals surface area contributed by atoms with Gasteiger partial charge in [-0.2, -0.15) is 0 Å². The molecule has 7 rings (SSSR count). The second kappa shape index (κ2) is 12.8. The molecule has 17 atom stereocenters. The van der Waals surface area contributed by atoms with Gasteiger partial charge in [-0.3, -0.25) is 0 Å². The van der Waals surface area contributed by atoms with Crippen molar-refractivity contribution in [3.63, 3.8) is 0 Å². The van der Waals surface area contributed by atoms with Crippen molar-refractivity contribution in [1.82, 2.24) is 0 Å². The summed E-state index contributed by atoms with van der Waals surface area (Å²) >= 11 is 0. The average Bonchev–Trinajstić information content (AvgIpc) is 3.61. The molecular weight excluding hydrogens is 644 g/mol. The van der Waals surface area contributed by atoms with E-state index in [2.05, 4.69) is 6.92 Å². The summed E-state index contributed by atoms with van der Waals surface area (Å²) in [6, 6.07) is 0. The van der Waals surface area contributed by atoms with Crippen LogP contribution in [-0.4, -0.2) is 134 Å². The molecule has 2 saturated heterocycles. The minimum Gasteiger partial charge on any atom is -0.458 e. The Labute approximate surface area is 285 Å². The van der Waals surface area contributed by atoms with Crippen molar-refractivity contribution >= 4 is 12.3 Å². The first-order valence-electron chi connectivity index (χ1n) is 17.9. The van der Waals surface area contributed by atoms with Crippen LogP contribution in [0, 0.1) is 28.6 Å². The summed E-state index contributed by atoms with van der Waals surface area (Å²) in [7, 11) is 0. The summed E-state index contributed by atoms with van der Waals surface area (Å²) in [6.07, 6.45) is -4.38. The molecule has 49 heavy (non-hydrogen) atoms. The molecular formula is C35H52O14. The molecule has 4 saturated carbocycles. The van der Waals surface area contributed by atoms with Crippen LogP contribution < -0.4 is 0 Å². The molecule has 0 bridgehead atoms. The van der Waals surface area contributed by atoms with Crippen LogP contribution in [0.2, 0.25) is 0 Å². The lowest BCUT2D eigenvalue weighted by molar-refractivity contribution is -0.345. The topological polar surface area (TPSA) is 222 Å². The number of fused-ring (bicyclic) bond motifs is 5. The highest BCUT2D eigenvalue weighted by atomic mass is 16.7. The number of carbonyl (C=O) groups is 2. The monoisotopic (exact) mass is 696 g/mol. The van der Waals surface area contributed by atoms with Crippen LogP contribution in [0.1, 0.15) is 78.1 Å². The predicted octanol–water partition coefficient (Wildman–Crippen LogP) is -0.397. The Hall–Kier alpha value is -1.56. The summed E-state index contributed by atoms with van der Waals surface area (Å²) < 4.78 is 28.9. The van der Waals surface area contributed by atoms with E-state index in [4.69, 9.17) is 23.7 Å². The van der Waals surface area contributed by atoms with Crippen LogP contribution in [-0.2, 0) is 33.3 Å². The van der Waals surface area contributed by atoms with Gasteiger partial charge in [0.05, 0.1) is 41.5 Å². The van der Waals surface area contributed by atoms with Gasteiger partial charge in [-0.1, -0.05) is 6.92 Å². The van der Waals surface area contributed by atoms with Crippen molar-refractivity contribution in [2.24, 2.45) is 28.6 Å². The molecule has 7 aliphatic rings. The number of aldehydes is 1. The molecule has 0 aromatic heterocycles. The second-order valence-corrected chi connectivity index (χ2v) is 16.1. The Morgan fingerprint density at radius 1 is 0.939 bits per heavy atom. The Morgan fingerprint density at radius 3 is 2.37 bits per heavy atom. The Bertz CT molecular complexity index is 1300. The fourth-order valence-electron chi connectivity index (χ4n) is 11.3. The molecule has 7 N–H and O–H groups in total. The number of aliphatic hydroxyl groups is 7. The van der Waals surface area contributed by atoms with Crippen molar-refractivity contribution in [3.8, 4) is 0 Å². The Morgan fingerprint density at radius 2 is 1.69 bits per heavy atom. The van der Waals surface area contributed by atoms with Crippen molar-refractivity contribution in [2.45, 2.75) is 151 Å². The van der Waals surface area contributed by atoms with E-state index in [0.717, 1.165) is 18.3 Å². The van der Waals surface area contributed by atoms with Gasteiger partial charge < -0.3 is 64.2 Å². The van der Waals surface area contributed by atoms with Gasteiger partial charge in [0, 0.05) is 24.3 Å². The quantitative estimate of drug-likeness (QED) is 0.102. The number of esters is 1. The summed E-state index contributed by atoms with van der Waals surface area (Å²) in [5.74, 6) is -0.688. The third-order valence-corrected chi connectivity index (χ3v) is 14.0. The van der Waals surface area contributed by atoms with E-state index in [-0.39, 0.29) is 43.2 Å². The first kappa shape index (κ1) is 35.8. The van der Waals surface area contributed by atoms with Gasteiger partial charge in [0.1, 0.15) is 43.4 Å². The Balaban J connectivity index is 1.00. The number of hydrogen-bond donors (Lipinski definition) is 7. The van der Waals surface area contributed by atoms with E-state index in [9.17, 15) is 45.3 Å². The van der Waals surface area contributed by atoms with Crippen molar-refractivity contribution in [3.05, 3.63) is 11.6 Å². The first-order valence-corrected chi connectivity index (χ1v) is 17.9. The predicted molar refractivity (Wildman–Crippen MR) is 166 cm³/mol. The number of hydrogen-bond acceptors (Lipinski definition) is 14. The molecule has 3 heterocycles. The smallest absolute Gasteiger partial charge is 0.331 e. The van der Waals surface area contributed by atoms with Crippen molar-refractivity contribution in [2.75, 3.05) is 13.2 Å². The minimum absolute atomic E-state index is 0.00470. The highest BCUT2D eigenvalue weighted by molar-refractivity contribution is 5.85. The summed E-state index contributed by atoms with van der Waals surface area (Å²) in [6.45, 7) is 3.42. The maximum absolute atomic E-state index is 13.2. The van der Waals surface area contributed by atoms with Crippen LogP contribution in [0.25, 0.3) is 0 Å². The number of carbonyl (C=O) groups excluding carboxylic acids is 2. The van der Waals surface area contributed by atoms with Crippen LogP contribution >= 0.6 is 0 Å². The van der Waals surface area contributed by atoms with Crippen molar-refractivity contribution in [1.29, 1.82) is 0 Å². The zero-order chi connectivity index (χ0) is 35.1. The van der Waals surface area contributed by atoms with Crippen LogP contribution in [0.4, 0.5) is 0 Å². The fraction of sp³-hybridized carbons (Fsp3) is 0.886. The third-order valence-electron chi connectivity index (χ3n) is 14.0. The van der Waals surface area contributed by atoms with E-state index >= 15 is 0 Å². The SMILES string of the molecule is C[C@@H]1O[C@H](O[C@H]2CC[C@]3(C=O)[C@@H]4CC[C@]5(C)[C@H](C6=CC(=O)OC6)CC[C@]5(O)[C@H]4CC[C@@]3(O)C2)C[C@@H](O)[C@H]1O[C@@H]1O[C@@H](CO)[C@H](O)[C@@H](O)[C@@H]1O. The maximum atomic E-state index is 13.2. The molecule has 14 heteroatoms. The van der Waals surface area contributed by atoms with Gasteiger partial charge in [0.15, 0.2) is 12.6 Å². The zero-order valence-electron chi connectivity index (χ0n) is 28.1. The summed E-state index contributed by atoms with van der Waals surface area (Å²) in [4.78, 5) is 25.0. The molecule has 4 aliphatic carbocycles. The van der Waals surface area contributed by atoms with Gasteiger partial charge in [0.25, 0.3) is 0 Å². The normalized spacial score (nSPS) is 54.3. The van der Waals surface area contributed by atoms with E-state index in [1.807, 2.05) is 0 Å². The lowest BCUT2D eigenvalue weighted by Crippen LogP contribution is -2.69. The number of aliphatic hydroxyl groups excluding tert-OH is 5. The van der Waals surface area contributed by atoms with Gasteiger partial charge in [-0.25, -0.2) is 4.79 Å². The van der Waals surface area contributed by atoms with Gasteiger partial charge >= 0.3 is 5.97 Å². The minimum atomic E-state index is -1.62. The van der Waals surface area contributed by atoms with E-state index < -0.39 is 90.1 Å². The third kappa shape index (κ3) is 5.47. The number of rotatable bonds is 7. The van der Waals surface area contributed by atoms with Crippen LogP contribution in [0.5, 0.6) is 0 Å². The molecule has 0 spiro atoms. The number of ether oxygens (including phenoxy) is 5. The Kier molecular flexibility index (Phi) is 9.38. The largest absolute Gasteiger partial charge is 0.458 e. The van der Waals surface area contributed by atoms with Gasteiger partial charge in [-0.15, -0.1) is 0 Å². The summed E-state index contributed by atoms with van der Waals surface area (Å²) in [5.41, 5.74) is -2.94. The van der Waals surface area contributed by atoms with E-state index in [1.165, 1.54) is 0 Å². The summed E-state index contributed by atoms with van der Waals surface area (Å²) in [5, 5.41) is 75.9. The van der Waals surface area contributed by atoms with Crippen LogP contribution in [0.3, 0.4) is 0 Å². The van der Waals surface area contributed by atoms with Crippen LogP contribution in [0.15, 0.2) is 11.6 Å². The highest BCUT2D eigenvalue weighted by Crippen LogP contribution is 2.70.